The summed E-state index contributed by atoms with van der Waals surface area (Å²) < 4.78 is 0. The standard InChI is InChI=1S/C28H38N4O/c1-18(2)27-24-16-22(7-8-25(24)30-28(27)23-9-12-29-20(5)15-23)21-10-13-32(14-11-21)17-26(33)31(6)19(3)4/h7-9,12,15-16,18-19,21,30H,10-11,13-14,17H2,1-6H3. The fourth-order valence-electron chi connectivity index (χ4n) is 5.03. The molecule has 0 radical (unpaired) electrons. The number of likely N-dealkylation sites (N-methyl/N-ethyl adjacent to an activating group) is 1. The van der Waals surface area contributed by atoms with Crippen LogP contribution in [0.15, 0.2) is 36.5 Å². The maximum absolute atomic E-state index is 12.5. The van der Waals surface area contributed by atoms with E-state index in [-0.39, 0.29) is 11.9 Å². The van der Waals surface area contributed by atoms with Crippen molar-refractivity contribution in [1.29, 1.82) is 0 Å². The first-order valence-electron chi connectivity index (χ1n) is 12.3. The summed E-state index contributed by atoms with van der Waals surface area (Å²) in [6.45, 7) is 13.2. The van der Waals surface area contributed by atoms with Crippen molar-refractivity contribution in [2.75, 3.05) is 26.7 Å². The van der Waals surface area contributed by atoms with Gasteiger partial charge in [-0.1, -0.05) is 19.9 Å². The van der Waals surface area contributed by atoms with Gasteiger partial charge in [0, 0.05) is 41.4 Å². The SMILES string of the molecule is Cc1cc(-c2[nH]c3ccc(C4CCN(CC(=O)N(C)C(C)C)CC4)cc3c2C(C)C)ccn1. The van der Waals surface area contributed by atoms with Crippen molar-refractivity contribution in [2.24, 2.45) is 0 Å². The molecule has 1 N–H and O–H groups in total. The predicted octanol–water partition coefficient (Wildman–Crippen LogP) is 5.71. The highest BCUT2D eigenvalue weighted by Gasteiger charge is 2.25. The quantitative estimate of drug-likeness (QED) is 0.528. The van der Waals surface area contributed by atoms with Gasteiger partial charge in [-0.15, -0.1) is 0 Å². The van der Waals surface area contributed by atoms with Crippen molar-refractivity contribution in [3.63, 3.8) is 0 Å². The van der Waals surface area contributed by atoms with Gasteiger partial charge < -0.3 is 9.88 Å². The van der Waals surface area contributed by atoms with E-state index in [1.807, 2.05) is 25.1 Å². The normalized spacial score (nSPS) is 15.6. The average Bonchev–Trinajstić information content (AvgIpc) is 3.18. The summed E-state index contributed by atoms with van der Waals surface area (Å²) in [6, 6.07) is 11.5. The van der Waals surface area contributed by atoms with Crippen LogP contribution in [0.2, 0.25) is 0 Å². The van der Waals surface area contributed by atoms with E-state index in [1.54, 1.807) is 0 Å². The van der Waals surface area contributed by atoms with E-state index >= 15 is 0 Å². The number of carbonyl (C=O) groups is 1. The molecule has 176 valence electrons. The second-order valence-corrected chi connectivity index (χ2v) is 10.2. The summed E-state index contributed by atoms with van der Waals surface area (Å²) in [7, 11) is 1.90. The van der Waals surface area contributed by atoms with Crippen LogP contribution >= 0.6 is 0 Å². The number of amides is 1. The Morgan fingerprint density at radius 1 is 1.15 bits per heavy atom. The molecule has 1 saturated heterocycles. The Bertz CT molecular complexity index is 1120. The highest BCUT2D eigenvalue weighted by atomic mass is 16.2. The zero-order valence-electron chi connectivity index (χ0n) is 21.0. The fraction of sp³-hybridized carbons (Fsp3) is 0.500. The number of H-pyrrole nitrogens is 1. The highest BCUT2D eigenvalue weighted by molar-refractivity contribution is 5.92. The number of aromatic amines is 1. The summed E-state index contributed by atoms with van der Waals surface area (Å²) in [5, 5.41) is 1.34. The lowest BCUT2D eigenvalue weighted by atomic mass is 9.87. The number of hydrogen-bond donors (Lipinski definition) is 1. The van der Waals surface area contributed by atoms with Crippen LogP contribution < -0.4 is 0 Å². The molecule has 0 unspecified atom stereocenters. The van der Waals surface area contributed by atoms with Crippen LogP contribution in [0.1, 0.15) is 69.2 Å². The first-order valence-corrected chi connectivity index (χ1v) is 12.3. The molecular weight excluding hydrogens is 408 g/mol. The van der Waals surface area contributed by atoms with Crippen molar-refractivity contribution < 1.29 is 4.79 Å². The van der Waals surface area contributed by atoms with Gasteiger partial charge in [0.2, 0.25) is 5.91 Å². The number of rotatable bonds is 6. The molecule has 4 rings (SSSR count). The van der Waals surface area contributed by atoms with Gasteiger partial charge in [0.25, 0.3) is 0 Å². The van der Waals surface area contributed by atoms with E-state index in [0.717, 1.165) is 31.6 Å². The van der Waals surface area contributed by atoms with E-state index in [4.69, 9.17) is 0 Å². The van der Waals surface area contributed by atoms with Crippen LogP contribution in [0.5, 0.6) is 0 Å². The Labute approximate surface area is 198 Å². The van der Waals surface area contributed by atoms with Crippen LogP contribution in [0.4, 0.5) is 0 Å². The second-order valence-electron chi connectivity index (χ2n) is 10.2. The maximum atomic E-state index is 12.5. The summed E-state index contributed by atoms with van der Waals surface area (Å²) in [5.41, 5.74) is 7.46. The van der Waals surface area contributed by atoms with Crippen molar-refractivity contribution >= 4 is 16.8 Å². The summed E-state index contributed by atoms with van der Waals surface area (Å²) in [6.07, 6.45) is 4.09. The third kappa shape index (κ3) is 4.98. The number of nitrogens with one attached hydrogen (secondary N) is 1. The van der Waals surface area contributed by atoms with Crippen molar-refractivity contribution in [2.45, 2.75) is 65.3 Å². The molecule has 1 amide bonds. The molecule has 1 fully saturated rings. The van der Waals surface area contributed by atoms with Crippen LogP contribution in [0.3, 0.4) is 0 Å². The number of aromatic nitrogens is 2. The van der Waals surface area contributed by atoms with Gasteiger partial charge in [0.1, 0.15) is 0 Å². The first-order chi connectivity index (χ1) is 15.7. The molecule has 5 heteroatoms. The van der Waals surface area contributed by atoms with Gasteiger partial charge in [-0.2, -0.15) is 0 Å². The molecule has 0 saturated carbocycles. The lowest BCUT2D eigenvalue weighted by Crippen LogP contribution is -2.43. The minimum Gasteiger partial charge on any atom is -0.354 e. The maximum Gasteiger partial charge on any atom is 0.236 e. The van der Waals surface area contributed by atoms with Gasteiger partial charge in [-0.05, 0) is 93.9 Å². The smallest absolute Gasteiger partial charge is 0.236 e. The lowest BCUT2D eigenvalue weighted by Gasteiger charge is -2.33. The molecule has 33 heavy (non-hydrogen) atoms. The van der Waals surface area contributed by atoms with Gasteiger partial charge in [-0.3, -0.25) is 14.7 Å². The number of carbonyl (C=O) groups excluding carboxylic acids is 1. The molecule has 0 spiro atoms. The molecule has 1 aromatic carbocycles. The number of fused-ring (bicyclic) bond motifs is 1. The van der Waals surface area contributed by atoms with Gasteiger partial charge >= 0.3 is 0 Å². The molecule has 5 nitrogen and oxygen atoms in total. The molecule has 0 aliphatic carbocycles. The molecule has 2 aromatic heterocycles. The van der Waals surface area contributed by atoms with E-state index < -0.39 is 0 Å². The second kappa shape index (κ2) is 9.68. The van der Waals surface area contributed by atoms with Crippen LogP contribution in [0.25, 0.3) is 22.2 Å². The molecule has 3 heterocycles. The van der Waals surface area contributed by atoms with Gasteiger partial charge in [-0.25, -0.2) is 0 Å². The molecule has 3 aromatic rings. The summed E-state index contributed by atoms with van der Waals surface area (Å²) in [4.78, 5) is 24.7. The van der Waals surface area contributed by atoms with Crippen molar-refractivity contribution in [3.05, 3.63) is 53.3 Å². The zero-order valence-corrected chi connectivity index (χ0v) is 21.0. The van der Waals surface area contributed by atoms with Crippen molar-refractivity contribution in [1.82, 2.24) is 19.8 Å². The van der Waals surface area contributed by atoms with E-state index in [9.17, 15) is 4.79 Å². The predicted molar refractivity (Wildman–Crippen MR) is 137 cm³/mol. The first kappa shape index (κ1) is 23.5. The van der Waals surface area contributed by atoms with Gasteiger partial charge in [0.15, 0.2) is 0 Å². The van der Waals surface area contributed by atoms with E-state index in [1.165, 1.54) is 33.3 Å². The van der Waals surface area contributed by atoms with Gasteiger partial charge in [0.05, 0.1) is 12.2 Å². The largest absolute Gasteiger partial charge is 0.354 e. The number of piperidine rings is 1. The van der Waals surface area contributed by atoms with Crippen molar-refractivity contribution in [3.8, 4) is 11.3 Å². The molecule has 1 aliphatic heterocycles. The number of nitrogens with zero attached hydrogens (tertiary/aromatic N) is 3. The van der Waals surface area contributed by atoms with E-state index in [2.05, 4.69) is 72.9 Å². The van der Waals surface area contributed by atoms with E-state index in [0.29, 0.717) is 18.4 Å². The number of aryl methyl sites for hydroxylation is 1. The monoisotopic (exact) mass is 446 g/mol. The molecule has 0 atom stereocenters. The number of likely N-dealkylation sites (tertiary alicyclic amines) is 1. The molecule has 1 aliphatic rings. The summed E-state index contributed by atoms with van der Waals surface area (Å²) >= 11 is 0. The number of hydrogen-bond acceptors (Lipinski definition) is 3. The molecular formula is C28H38N4O. The Balaban J connectivity index is 1.54. The topological polar surface area (TPSA) is 52.2 Å². The Kier molecular flexibility index (Phi) is 6.89. The summed E-state index contributed by atoms with van der Waals surface area (Å²) in [5.74, 6) is 1.19. The highest BCUT2D eigenvalue weighted by Crippen LogP contribution is 2.38. The van der Waals surface area contributed by atoms with Crippen LogP contribution in [-0.2, 0) is 4.79 Å². The van der Waals surface area contributed by atoms with Crippen LogP contribution in [-0.4, -0.2) is 58.4 Å². The Morgan fingerprint density at radius 3 is 2.52 bits per heavy atom. The third-order valence-electron chi connectivity index (χ3n) is 7.21. The minimum absolute atomic E-state index is 0.220. The molecule has 0 bridgehead atoms. The Hall–Kier alpha value is -2.66. The Morgan fingerprint density at radius 2 is 1.88 bits per heavy atom. The number of benzene rings is 1. The number of pyridine rings is 1. The minimum atomic E-state index is 0.220. The third-order valence-corrected chi connectivity index (χ3v) is 7.21. The fourth-order valence-corrected chi connectivity index (χ4v) is 5.03. The van der Waals surface area contributed by atoms with Crippen LogP contribution in [0, 0.1) is 6.92 Å². The lowest BCUT2D eigenvalue weighted by molar-refractivity contribution is -0.132. The zero-order chi connectivity index (χ0) is 23.7. The average molecular weight is 447 g/mol.